The average Bonchev–Trinajstić information content (AvgIpc) is 3.56. The van der Waals surface area contributed by atoms with Crippen molar-refractivity contribution < 1.29 is 9.59 Å². The Morgan fingerprint density at radius 2 is 1.97 bits per heavy atom. The van der Waals surface area contributed by atoms with Gasteiger partial charge in [-0.25, -0.2) is 4.98 Å². The molecule has 1 saturated carbocycles. The van der Waals surface area contributed by atoms with Crippen molar-refractivity contribution in [1.29, 1.82) is 0 Å². The lowest BCUT2D eigenvalue weighted by molar-refractivity contribution is -0.120. The first kappa shape index (κ1) is 19.9. The van der Waals surface area contributed by atoms with Crippen molar-refractivity contribution in [2.24, 2.45) is 5.92 Å². The highest BCUT2D eigenvalue weighted by molar-refractivity contribution is 7.14. The highest BCUT2D eigenvalue weighted by Gasteiger charge is 2.35. The van der Waals surface area contributed by atoms with Crippen LogP contribution in [0.1, 0.15) is 36.8 Å². The van der Waals surface area contributed by atoms with E-state index in [-0.39, 0.29) is 17.7 Å². The number of aromatic nitrogens is 1. The van der Waals surface area contributed by atoms with Crippen molar-refractivity contribution in [3.63, 3.8) is 0 Å². The van der Waals surface area contributed by atoms with E-state index in [1.54, 1.807) is 0 Å². The Kier molecular flexibility index (Phi) is 5.55. The molecule has 0 unspecified atom stereocenters. The number of benzene rings is 2. The van der Waals surface area contributed by atoms with Crippen LogP contribution in [0.25, 0.3) is 11.3 Å². The van der Waals surface area contributed by atoms with E-state index in [9.17, 15) is 9.59 Å². The monoisotopic (exact) mass is 431 g/mol. The fraction of sp³-hybridized carbons (Fsp3) is 0.320. The average molecular weight is 432 g/mol. The second kappa shape index (κ2) is 8.63. The summed E-state index contributed by atoms with van der Waals surface area (Å²) in [5, 5.41) is 5.52. The van der Waals surface area contributed by atoms with Crippen molar-refractivity contribution in [2.45, 2.75) is 38.5 Å². The predicted molar refractivity (Wildman–Crippen MR) is 124 cm³/mol. The van der Waals surface area contributed by atoms with Gasteiger partial charge in [0.1, 0.15) is 0 Å². The van der Waals surface area contributed by atoms with Gasteiger partial charge in [0, 0.05) is 35.5 Å². The lowest BCUT2D eigenvalue weighted by Gasteiger charge is -2.30. The molecule has 158 valence electrons. The summed E-state index contributed by atoms with van der Waals surface area (Å²) in [6.07, 6.45) is 5.18. The topological polar surface area (TPSA) is 62.3 Å². The predicted octanol–water partition coefficient (Wildman–Crippen LogP) is 5.07. The van der Waals surface area contributed by atoms with Crippen molar-refractivity contribution in [1.82, 2.24) is 4.98 Å². The highest BCUT2D eigenvalue weighted by Crippen LogP contribution is 2.37. The molecule has 5 nitrogen and oxygen atoms in total. The fourth-order valence-electron chi connectivity index (χ4n) is 4.08. The van der Waals surface area contributed by atoms with E-state index in [1.807, 2.05) is 46.7 Å². The van der Waals surface area contributed by atoms with Crippen molar-refractivity contribution in [3.8, 4) is 11.3 Å². The summed E-state index contributed by atoms with van der Waals surface area (Å²) in [5.74, 6) is 0.490. The van der Waals surface area contributed by atoms with Gasteiger partial charge in [-0.15, -0.1) is 11.3 Å². The van der Waals surface area contributed by atoms with E-state index in [0.29, 0.717) is 18.0 Å². The van der Waals surface area contributed by atoms with Gasteiger partial charge in [-0.1, -0.05) is 36.4 Å². The highest BCUT2D eigenvalue weighted by atomic mass is 32.1. The first-order valence-electron chi connectivity index (χ1n) is 10.9. The van der Waals surface area contributed by atoms with Crippen molar-refractivity contribution in [3.05, 3.63) is 65.0 Å². The van der Waals surface area contributed by atoms with Gasteiger partial charge in [-0.05, 0) is 55.4 Å². The maximum Gasteiger partial charge on any atom is 0.230 e. The second-order valence-electron chi connectivity index (χ2n) is 8.28. The molecule has 0 bridgehead atoms. The minimum absolute atomic E-state index is 0.0237. The van der Waals surface area contributed by atoms with Gasteiger partial charge in [0.25, 0.3) is 0 Å². The third-order valence-electron chi connectivity index (χ3n) is 5.92. The molecule has 2 aliphatic rings. The molecule has 2 aromatic carbocycles. The summed E-state index contributed by atoms with van der Waals surface area (Å²) in [7, 11) is 0. The Morgan fingerprint density at radius 1 is 1.13 bits per heavy atom. The number of aryl methyl sites for hydroxylation is 2. The largest absolute Gasteiger partial charge is 0.312 e. The molecule has 0 atom stereocenters. The minimum atomic E-state index is -0.0237. The molecule has 0 radical (unpaired) electrons. The number of anilines is 2. The SMILES string of the molecule is O=C(CCc1ccccc1)Nc1nc(-c2ccc3c(c2)CCCN3C(=O)C2CC2)cs1. The van der Waals surface area contributed by atoms with E-state index in [0.717, 1.165) is 54.7 Å². The fourth-order valence-corrected chi connectivity index (χ4v) is 4.82. The second-order valence-corrected chi connectivity index (χ2v) is 9.14. The van der Waals surface area contributed by atoms with Gasteiger partial charge in [0.15, 0.2) is 5.13 Å². The number of hydrogen-bond acceptors (Lipinski definition) is 4. The zero-order valence-electron chi connectivity index (χ0n) is 17.3. The van der Waals surface area contributed by atoms with Gasteiger partial charge in [0.2, 0.25) is 11.8 Å². The standard InChI is InChI=1S/C25H25N3O2S/c29-23(13-8-17-5-2-1-3-6-17)27-25-26-21(16-31-25)19-11-12-22-20(15-19)7-4-14-28(22)24(30)18-9-10-18/h1-3,5-6,11-12,15-16,18H,4,7-10,13-14H2,(H,26,27,29). The molecule has 0 spiro atoms. The maximum absolute atomic E-state index is 12.6. The van der Waals surface area contributed by atoms with Gasteiger partial charge >= 0.3 is 0 Å². The van der Waals surface area contributed by atoms with Crippen LogP contribution in [0.2, 0.25) is 0 Å². The van der Waals surface area contributed by atoms with E-state index in [1.165, 1.54) is 16.9 Å². The van der Waals surface area contributed by atoms with Gasteiger partial charge in [0.05, 0.1) is 5.69 Å². The molecule has 5 rings (SSSR count). The molecule has 1 aliphatic heterocycles. The molecule has 1 N–H and O–H groups in total. The van der Waals surface area contributed by atoms with Crippen LogP contribution in [0.3, 0.4) is 0 Å². The van der Waals surface area contributed by atoms with Crippen LogP contribution in [-0.2, 0) is 22.4 Å². The number of carbonyl (C=O) groups excluding carboxylic acids is 2. The quantitative estimate of drug-likeness (QED) is 0.593. The number of amides is 2. The third kappa shape index (κ3) is 4.54. The Balaban J connectivity index is 1.25. The Morgan fingerprint density at radius 3 is 2.77 bits per heavy atom. The van der Waals surface area contributed by atoms with E-state index in [2.05, 4.69) is 22.4 Å². The molecular weight excluding hydrogens is 406 g/mol. The molecule has 3 aromatic rings. The van der Waals surface area contributed by atoms with Crippen LogP contribution in [0.4, 0.5) is 10.8 Å². The first-order chi connectivity index (χ1) is 15.2. The Bertz CT molecular complexity index is 1100. The zero-order chi connectivity index (χ0) is 21.2. The number of nitrogens with zero attached hydrogens (tertiary/aromatic N) is 2. The minimum Gasteiger partial charge on any atom is -0.312 e. The van der Waals surface area contributed by atoms with Gasteiger partial charge in [-0.3, -0.25) is 9.59 Å². The molecule has 1 aliphatic carbocycles. The summed E-state index contributed by atoms with van der Waals surface area (Å²) >= 11 is 1.44. The lowest BCUT2D eigenvalue weighted by atomic mass is 9.98. The van der Waals surface area contributed by atoms with E-state index in [4.69, 9.17) is 0 Å². The number of rotatable bonds is 6. The van der Waals surface area contributed by atoms with Gasteiger partial charge < -0.3 is 10.2 Å². The van der Waals surface area contributed by atoms with Crippen LogP contribution in [0.15, 0.2) is 53.9 Å². The molecule has 6 heteroatoms. The van der Waals surface area contributed by atoms with Crippen LogP contribution >= 0.6 is 11.3 Å². The van der Waals surface area contributed by atoms with Crippen molar-refractivity contribution in [2.75, 3.05) is 16.8 Å². The summed E-state index contributed by atoms with van der Waals surface area (Å²) in [6, 6.07) is 16.3. The molecular formula is C25H25N3O2S. The zero-order valence-corrected chi connectivity index (χ0v) is 18.2. The number of fused-ring (bicyclic) bond motifs is 1. The van der Waals surface area contributed by atoms with Crippen LogP contribution < -0.4 is 10.2 Å². The Labute approximate surface area is 186 Å². The number of nitrogens with one attached hydrogen (secondary N) is 1. The smallest absolute Gasteiger partial charge is 0.230 e. The molecule has 2 heterocycles. The van der Waals surface area contributed by atoms with E-state index < -0.39 is 0 Å². The first-order valence-corrected chi connectivity index (χ1v) is 11.8. The number of hydrogen-bond donors (Lipinski definition) is 1. The van der Waals surface area contributed by atoms with Crippen LogP contribution in [-0.4, -0.2) is 23.3 Å². The van der Waals surface area contributed by atoms with Crippen LogP contribution in [0.5, 0.6) is 0 Å². The summed E-state index contributed by atoms with van der Waals surface area (Å²) in [6.45, 7) is 0.817. The molecule has 2 amide bonds. The van der Waals surface area contributed by atoms with E-state index >= 15 is 0 Å². The molecule has 1 fully saturated rings. The lowest BCUT2D eigenvalue weighted by Crippen LogP contribution is -2.36. The molecule has 1 aromatic heterocycles. The summed E-state index contributed by atoms with van der Waals surface area (Å²) < 4.78 is 0. The molecule has 0 saturated heterocycles. The number of thiazole rings is 1. The number of carbonyl (C=O) groups is 2. The van der Waals surface area contributed by atoms with Crippen molar-refractivity contribution >= 4 is 34.0 Å². The maximum atomic E-state index is 12.6. The molecule has 31 heavy (non-hydrogen) atoms. The van der Waals surface area contributed by atoms with Gasteiger partial charge in [-0.2, -0.15) is 0 Å². The normalized spacial score (nSPS) is 15.4. The summed E-state index contributed by atoms with van der Waals surface area (Å²) in [4.78, 5) is 31.5. The van der Waals surface area contributed by atoms with Crippen LogP contribution in [0, 0.1) is 5.92 Å². The third-order valence-corrected chi connectivity index (χ3v) is 6.68. The Hall–Kier alpha value is -2.99. The summed E-state index contributed by atoms with van der Waals surface area (Å²) in [5.41, 5.74) is 5.30.